The summed E-state index contributed by atoms with van der Waals surface area (Å²) >= 11 is 0.0889. The second-order valence-corrected chi connectivity index (χ2v) is 14.3. The van der Waals surface area contributed by atoms with Crippen LogP contribution in [0.5, 0.6) is 5.75 Å². The number of hydrogen-bond donors (Lipinski definition) is 0. The van der Waals surface area contributed by atoms with Crippen LogP contribution < -0.4 is 9.20 Å². The minimum atomic E-state index is -0.169. The maximum atomic E-state index is 7.31. The van der Waals surface area contributed by atoms with E-state index in [1.54, 1.807) is 7.11 Å². The van der Waals surface area contributed by atoms with Crippen LogP contribution >= 0.6 is 0 Å². The molecule has 0 radical (unpaired) electrons. The monoisotopic (exact) mass is 593 g/mol. The number of ether oxygens (including phenoxy) is 3. The predicted molar refractivity (Wildman–Crippen MR) is 160 cm³/mol. The number of para-hydroxylation sites is 1. The first-order valence-corrected chi connectivity index (χ1v) is 16.1. The van der Waals surface area contributed by atoms with Gasteiger partial charge in [-0.1, -0.05) is 0 Å². The molecule has 5 heteroatoms. The van der Waals surface area contributed by atoms with Gasteiger partial charge in [-0.05, 0) is 0 Å². The summed E-state index contributed by atoms with van der Waals surface area (Å²) < 4.78 is 20.9. The molecule has 0 unspecified atom stereocenters. The van der Waals surface area contributed by atoms with Crippen LogP contribution in [0.2, 0.25) is 4.82 Å². The van der Waals surface area contributed by atoms with E-state index in [0.717, 1.165) is 24.3 Å². The van der Waals surface area contributed by atoms with Gasteiger partial charge in [-0.3, -0.25) is 0 Å². The molecule has 4 nitrogen and oxygen atoms in total. The molecule has 39 heavy (non-hydrogen) atoms. The molecule has 1 saturated carbocycles. The Morgan fingerprint density at radius 1 is 0.923 bits per heavy atom. The van der Waals surface area contributed by atoms with Crippen LogP contribution in [0, 0.1) is 11.8 Å². The first-order chi connectivity index (χ1) is 18.9. The molecule has 1 saturated heterocycles. The SMILES string of the molecule is COc1ccccc1[C@H](OC)[C@H]([Se]c1ccccc1)[C@@H]1O[C@@H]2C[C@H](C)CC[C@H]2C(C)(C)N1Cc1ccccc1. The Kier molecular flexibility index (Phi) is 9.16. The van der Waals surface area contributed by atoms with Crippen molar-refractivity contribution in [2.75, 3.05) is 14.2 Å². The quantitative estimate of drug-likeness (QED) is 0.261. The Morgan fingerprint density at radius 2 is 1.59 bits per heavy atom. The van der Waals surface area contributed by atoms with E-state index in [1.807, 2.05) is 19.2 Å². The van der Waals surface area contributed by atoms with E-state index in [9.17, 15) is 0 Å². The van der Waals surface area contributed by atoms with Crippen LogP contribution in [-0.4, -0.2) is 51.9 Å². The summed E-state index contributed by atoms with van der Waals surface area (Å²) in [5, 5.41) is 0. The van der Waals surface area contributed by atoms with Crippen LogP contribution in [-0.2, 0) is 16.0 Å². The molecule has 5 rings (SSSR count). The third-order valence-electron chi connectivity index (χ3n) is 8.81. The molecule has 0 spiro atoms. The molecule has 1 heterocycles. The second-order valence-electron chi connectivity index (χ2n) is 11.7. The molecule has 3 aromatic rings. The number of methoxy groups -OCH3 is 2. The van der Waals surface area contributed by atoms with Crippen molar-refractivity contribution >= 4 is 19.4 Å². The van der Waals surface area contributed by atoms with Gasteiger partial charge in [-0.2, -0.15) is 0 Å². The Hall–Kier alpha value is -2.14. The van der Waals surface area contributed by atoms with E-state index in [2.05, 4.69) is 98.5 Å². The van der Waals surface area contributed by atoms with Crippen molar-refractivity contribution in [3.8, 4) is 5.75 Å². The van der Waals surface area contributed by atoms with Gasteiger partial charge in [0.1, 0.15) is 0 Å². The average molecular weight is 593 g/mol. The molecular weight excluding hydrogens is 549 g/mol. The van der Waals surface area contributed by atoms with Crippen molar-refractivity contribution in [2.45, 2.75) is 75.4 Å². The Labute approximate surface area is 241 Å². The van der Waals surface area contributed by atoms with Gasteiger partial charge in [0.15, 0.2) is 0 Å². The molecule has 0 N–H and O–H groups in total. The predicted octanol–water partition coefficient (Wildman–Crippen LogP) is 6.64. The van der Waals surface area contributed by atoms with Crippen molar-refractivity contribution in [1.29, 1.82) is 0 Å². The number of benzene rings is 3. The zero-order valence-electron chi connectivity index (χ0n) is 24.0. The molecule has 208 valence electrons. The molecule has 3 aromatic carbocycles. The fourth-order valence-electron chi connectivity index (χ4n) is 6.67. The number of hydrogen-bond acceptors (Lipinski definition) is 4. The van der Waals surface area contributed by atoms with Gasteiger partial charge in [0.05, 0.1) is 0 Å². The molecule has 0 aromatic heterocycles. The summed E-state index contributed by atoms with van der Waals surface area (Å²) in [6, 6.07) is 30.1. The maximum absolute atomic E-state index is 7.31. The molecular formula is C34H43NO3Se. The van der Waals surface area contributed by atoms with Crippen molar-refractivity contribution < 1.29 is 14.2 Å². The van der Waals surface area contributed by atoms with E-state index in [4.69, 9.17) is 14.2 Å². The summed E-state index contributed by atoms with van der Waals surface area (Å²) in [6.45, 7) is 8.14. The Morgan fingerprint density at radius 3 is 2.28 bits per heavy atom. The average Bonchev–Trinajstić information content (AvgIpc) is 2.95. The normalized spacial score (nSPS) is 26.4. The van der Waals surface area contributed by atoms with Gasteiger partial charge in [-0.15, -0.1) is 0 Å². The van der Waals surface area contributed by atoms with Crippen molar-refractivity contribution in [3.63, 3.8) is 0 Å². The van der Waals surface area contributed by atoms with Gasteiger partial charge in [0, 0.05) is 0 Å². The molecule has 1 aliphatic carbocycles. The summed E-state index contributed by atoms with van der Waals surface area (Å²) in [5.41, 5.74) is 2.39. The molecule has 1 aliphatic heterocycles. The van der Waals surface area contributed by atoms with E-state index in [1.165, 1.54) is 22.9 Å². The van der Waals surface area contributed by atoms with Crippen molar-refractivity contribution in [1.82, 2.24) is 4.90 Å². The summed E-state index contributed by atoms with van der Waals surface area (Å²) in [6.07, 6.45) is 3.61. The van der Waals surface area contributed by atoms with E-state index in [0.29, 0.717) is 11.8 Å². The number of rotatable bonds is 9. The topological polar surface area (TPSA) is 30.9 Å². The van der Waals surface area contributed by atoms with E-state index < -0.39 is 0 Å². The summed E-state index contributed by atoms with van der Waals surface area (Å²) in [5.74, 6) is 2.06. The van der Waals surface area contributed by atoms with Crippen molar-refractivity contribution in [2.24, 2.45) is 11.8 Å². The first-order valence-electron chi connectivity index (χ1n) is 14.3. The van der Waals surface area contributed by atoms with E-state index >= 15 is 0 Å². The summed E-state index contributed by atoms with van der Waals surface area (Å²) in [4.78, 5) is 2.78. The number of nitrogens with zero attached hydrogens (tertiary/aromatic N) is 1. The minimum absolute atomic E-state index is 0.0202. The van der Waals surface area contributed by atoms with Gasteiger partial charge in [-0.25, -0.2) is 0 Å². The first kappa shape index (κ1) is 28.4. The van der Waals surface area contributed by atoms with Crippen LogP contribution in [0.4, 0.5) is 0 Å². The van der Waals surface area contributed by atoms with Gasteiger partial charge in [0.25, 0.3) is 0 Å². The van der Waals surface area contributed by atoms with Gasteiger partial charge >= 0.3 is 242 Å². The zero-order valence-corrected chi connectivity index (χ0v) is 25.7. The number of fused-ring (bicyclic) bond motifs is 1. The van der Waals surface area contributed by atoms with Gasteiger partial charge in [0.2, 0.25) is 0 Å². The third-order valence-corrected chi connectivity index (χ3v) is 11.5. The fourth-order valence-corrected chi connectivity index (χ4v) is 9.48. The van der Waals surface area contributed by atoms with Crippen LogP contribution in [0.15, 0.2) is 84.9 Å². The van der Waals surface area contributed by atoms with E-state index in [-0.39, 0.29) is 43.7 Å². The fraction of sp³-hybridized carbons (Fsp3) is 0.471. The molecule has 2 fully saturated rings. The van der Waals surface area contributed by atoms with Gasteiger partial charge < -0.3 is 0 Å². The van der Waals surface area contributed by atoms with Crippen LogP contribution in [0.3, 0.4) is 0 Å². The van der Waals surface area contributed by atoms with Crippen LogP contribution in [0.1, 0.15) is 57.3 Å². The molecule has 6 atom stereocenters. The Balaban J connectivity index is 1.62. The third kappa shape index (κ3) is 6.14. The standard InChI is InChI=1S/C34H43NO3Se/c1-24-20-21-28-30(22-24)38-33(35(34(28,2)3)23-25-14-8-6-9-15-25)32(39-26-16-10-7-11-17-26)31(37-5)27-18-12-13-19-29(27)36-4/h6-19,24,28,30-33H,20-23H2,1-5H3/t24-,28-,30-,31+,32+,33+/m1/s1. The molecule has 0 amide bonds. The second kappa shape index (κ2) is 12.6. The van der Waals surface area contributed by atoms with Crippen molar-refractivity contribution in [3.05, 3.63) is 96.1 Å². The molecule has 0 bridgehead atoms. The van der Waals surface area contributed by atoms with Crippen LogP contribution in [0.25, 0.3) is 0 Å². The zero-order chi connectivity index (χ0) is 27.4. The molecule has 2 aliphatic rings. The summed E-state index contributed by atoms with van der Waals surface area (Å²) in [7, 11) is 3.59. The Bertz CT molecular complexity index is 1190.